The molecular formula is C23H32N4O5. The van der Waals surface area contributed by atoms with Gasteiger partial charge in [-0.25, -0.2) is 0 Å². The molecule has 0 aliphatic carbocycles. The molecule has 0 radical (unpaired) electrons. The van der Waals surface area contributed by atoms with Crippen LogP contribution in [0.4, 0.5) is 5.69 Å². The van der Waals surface area contributed by atoms with Gasteiger partial charge in [-0.1, -0.05) is 0 Å². The molecule has 2 heterocycles. The molecule has 1 N–H and O–H groups in total. The fourth-order valence-corrected chi connectivity index (χ4v) is 3.72. The molecule has 9 heteroatoms. The number of ether oxygens (including phenoxy) is 3. The third-order valence-corrected chi connectivity index (χ3v) is 5.54. The minimum atomic E-state index is -0.185. The van der Waals surface area contributed by atoms with Gasteiger partial charge in [0.15, 0.2) is 5.75 Å². The molecule has 2 aromatic rings. The number of carbonyl (C=O) groups is 1. The molecule has 1 aromatic heterocycles. The van der Waals surface area contributed by atoms with Gasteiger partial charge in [0.05, 0.1) is 27.0 Å². The first-order valence-electron chi connectivity index (χ1n) is 10.7. The second-order valence-corrected chi connectivity index (χ2v) is 7.63. The average molecular weight is 445 g/mol. The van der Waals surface area contributed by atoms with E-state index in [2.05, 4.69) is 27.2 Å². The average Bonchev–Trinajstić information content (AvgIpc) is 2.81. The summed E-state index contributed by atoms with van der Waals surface area (Å²) in [7, 11) is 4.71. The van der Waals surface area contributed by atoms with Crippen LogP contribution in [0.3, 0.4) is 0 Å². The third kappa shape index (κ3) is 6.24. The predicted octanol–water partition coefficient (Wildman–Crippen LogP) is 0.950. The van der Waals surface area contributed by atoms with Crippen LogP contribution in [0, 0.1) is 0 Å². The van der Waals surface area contributed by atoms with Crippen LogP contribution in [-0.2, 0) is 22.6 Å². The molecule has 0 atom stereocenters. The summed E-state index contributed by atoms with van der Waals surface area (Å²) in [6.45, 7) is 5.05. The molecule has 0 spiro atoms. The lowest BCUT2D eigenvalue weighted by atomic mass is 10.2. The van der Waals surface area contributed by atoms with E-state index in [1.165, 1.54) is 12.8 Å². The van der Waals surface area contributed by atoms with Gasteiger partial charge in [0, 0.05) is 63.8 Å². The lowest BCUT2D eigenvalue weighted by molar-refractivity contribution is -0.121. The summed E-state index contributed by atoms with van der Waals surface area (Å²) < 4.78 is 17.2. The third-order valence-electron chi connectivity index (χ3n) is 5.54. The molecule has 0 unspecified atom stereocenters. The van der Waals surface area contributed by atoms with Crippen LogP contribution in [0.5, 0.6) is 11.5 Å². The van der Waals surface area contributed by atoms with Gasteiger partial charge in [-0.15, -0.1) is 0 Å². The van der Waals surface area contributed by atoms with Crippen molar-refractivity contribution in [2.75, 3.05) is 65.6 Å². The zero-order valence-corrected chi connectivity index (χ0v) is 19.0. The molecule has 32 heavy (non-hydrogen) atoms. The molecule has 1 fully saturated rings. The largest absolute Gasteiger partial charge is 0.497 e. The van der Waals surface area contributed by atoms with E-state index in [4.69, 9.17) is 14.2 Å². The summed E-state index contributed by atoms with van der Waals surface area (Å²) in [5.41, 5.74) is 1.77. The Labute approximate surface area is 188 Å². The molecule has 1 aromatic carbocycles. The van der Waals surface area contributed by atoms with Crippen LogP contribution in [0.15, 0.2) is 41.3 Å². The highest BCUT2D eigenvalue weighted by Crippen LogP contribution is 2.21. The first-order chi connectivity index (χ1) is 15.5. The van der Waals surface area contributed by atoms with Crippen molar-refractivity contribution in [1.29, 1.82) is 0 Å². The lowest BCUT2D eigenvalue weighted by Crippen LogP contribution is -2.46. The number of carbonyl (C=O) groups excluding carboxylic acids is 1. The highest BCUT2D eigenvalue weighted by molar-refractivity contribution is 5.75. The SMILES string of the molecule is COCCNC(=O)Cn1cc(OC)c(=O)cc1CN1CCN(c2ccc(OC)cc2)CC1. The number of amides is 1. The molecule has 1 saturated heterocycles. The Morgan fingerprint density at radius 1 is 1.03 bits per heavy atom. The van der Waals surface area contributed by atoms with Crippen molar-refractivity contribution >= 4 is 11.6 Å². The monoisotopic (exact) mass is 444 g/mol. The summed E-state index contributed by atoms with van der Waals surface area (Å²) in [4.78, 5) is 29.3. The van der Waals surface area contributed by atoms with Gasteiger partial charge >= 0.3 is 0 Å². The Morgan fingerprint density at radius 3 is 2.38 bits per heavy atom. The van der Waals surface area contributed by atoms with Crippen molar-refractivity contribution < 1.29 is 19.0 Å². The fraction of sp³-hybridized carbons (Fsp3) is 0.478. The number of piperazine rings is 1. The molecule has 174 valence electrons. The number of hydrogen-bond donors (Lipinski definition) is 1. The second-order valence-electron chi connectivity index (χ2n) is 7.63. The van der Waals surface area contributed by atoms with Crippen LogP contribution in [-0.4, -0.2) is 76.0 Å². The van der Waals surface area contributed by atoms with Crippen LogP contribution in [0.25, 0.3) is 0 Å². The number of pyridine rings is 1. The van der Waals surface area contributed by atoms with Gasteiger partial charge < -0.3 is 29.0 Å². The minimum Gasteiger partial charge on any atom is -0.497 e. The Morgan fingerprint density at radius 2 is 1.75 bits per heavy atom. The number of methoxy groups -OCH3 is 3. The predicted molar refractivity (Wildman–Crippen MR) is 123 cm³/mol. The highest BCUT2D eigenvalue weighted by Gasteiger charge is 2.19. The van der Waals surface area contributed by atoms with E-state index >= 15 is 0 Å². The first-order valence-corrected chi connectivity index (χ1v) is 10.7. The van der Waals surface area contributed by atoms with E-state index in [1.807, 2.05) is 12.1 Å². The maximum absolute atomic E-state index is 12.4. The topological polar surface area (TPSA) is 85.3 Å². The quantitative estimate of drug-likeness (QED) is 0.546. The van der Waals surface area contributed by atoms with E-state index in [-0.39, 0.29) is 23.6 Å². The molecule has 9 nitrogen and oxygen atoms in total. The van der Waals surface area contributed by atoms with Crippen molar-refractivity contribution in [3.8, 4) is 11.5 Å². The van der Waals surface area contributed by atoms with E-state index in [0.29, 0.717) is 19.7 Å². The van der Waals surface area contributed by atoms with Crippen molar-refractivity contribution in [2.24, 2.45) is 0 Å². The smallest absolute Gasteiger partial charge is 0.240 e. The number of hydrogen-bond acceptors (Lipinski definition) is 7. The number of benzene rings is 1. The maximum atomic E-state index is 12.4. The van der Waals surface area contributed by atoms with Gasteiger partial charge in [-0.05, 0) is 24.3 Å². The van der Waals surface area contributed by atoms with Crippen molar-refractivity contribution in [1.82, 2.24) is 14.8 Å². The zero-order chi connectivity index (χ0) is 22.9. The molecule has 0 bridgehead atoms. The Kier molecular flexibility index (Phi) is 8.52. The van der Waals surface area contributed by atoms with Gasteiger partial charge in [-0.3, -0.25) is 14.5 Å². The molecule has 1 amide bonds. The van der Waals surface area contributed by atoms with E-state index in [0.717, 1.165) is 37.6 Å². The van der Waals surface area contributed by atoms with Crippen LogP contribution < -0.4 is 25.1 Å². The summed E-state index contributed by atoms with van der Waals surface area (Å²) >= 11 is 0. The van der Waals surface area contributed by atoms with Crippen molar-refractivity contribution in [3.05, 3.63) is 52.4 Å². The molecule has 3 rings (SSSR count). The zero-order valence-electron chi connectivity index (χ0n) is 19.0. The standard InChI is InChI=1S/C23H32N4O5/c1-30-13-8-24-23(29)17-27-16-22(32-3)21(28)14-19(27)15-25-9-11-26(12-10-25)18-4-6-20(31-2)7-5-18/h4-7,14,16H,8-13,15,17H2,1-3H3,(H,24,29). The van der Waals surface area contributed by atoms with Crippen molar-refractivity contribution in [3.63, 3.8) is 0 Å². The lowest BCUT2D eigenvalue weighted by Gasteiger charge is -2.36. The Balaban J connectivity index is 1.65. The summed E-state index contributed by atoms with van der Waals surface area (Å²) in [5, 5.41) is 2.81. The van der Waals surface area contributed by atoms with Gasteiger partial charge in [-0.2, -0.15) is 0 Å². The second kappa shape index (κ2) is 11.5. The Hall–Kier alpha value is -3.04. The molecule has 1 aliphatic rings. The number of nitrogens with zero attached hydrogens (tertiary/aromatic N) is 3. The first kappa shape index (κ1) is 23.6. The van der Waals surface area contributed by atoms with E-state index in [9.17, 15) is 9.59 Å². The van der Waals surface area contributed by atoms with Gasteiger partial charge in [0.2, 0.25) is 11.3 Å². The number of nitrogens with one attached hydrogen (secondary N) is 1. The summed E-state index contributed by atoms with van der Waals surface area (Å²) in [6, 6.07) is 9.64. The maximum Gasteiger partial charge on any atom is 0.240 e. The normalized spacial score (nSPS) is 14.3. The summed E-state index contributed by atoms with van der Waals surface area (Å²) in [6.07, 6.45) is 1.61. The number of aromatic nitrogens is 1. The van der Waals surface area contributed by atoms with Crippen LogP contribution in [0.1, 0.15) is 5.69 Å². The van der Waals surface area contributed by atoms with Crippen molar-refractivity contribution in [2.45, 2.75) is 13.1 Å². The Bertz CT molecular complexity index is 936. The van der Waals surface area contributed by atoms with Gasteiger partial charge in [0.25, 0.3) is 0 Å². The molecule has 1 aliphatic heterocycles. The number of anilines is 1. The molecular weight excluding hydrogens is 412 g/mol. The molecule has 0 saturated carbocycles. The highest BCUT2D eigenvalue weighted by atomic mass is 16.5. The van der Waals surface area contributed by atoms with E-state index in [1.54, 1.807) is 31.0 Å². The fourth-order valence-electron chi connectivity index (χ4n) is 3.72. The van der Waals surface area contributed by atoms with Crippen LogP contribution in [0.2, 0.25) is 0 Å². The summed E-state index contributed by atoms with van der Waals surface area (Å²) in [5.74, 6) is 0.928. The van der Waals surface area contributed by atoms with Crippen LogP contribution >= 0.6 is 0 Å². The minimum absolute atomic E-state index is 0.113. The van der Waals surface area contributed by atoms with Gasteiger partial charge in [0.1, 0.15) is 12.3 Å². The van der Waals surface area contributed by atoms with E-state index < -0.39 is 0 Å². The number of rotatable bonds is 10.